The molecule has 1 aromatic heterocycles. The first-order chi connectivity index (χ1) is 10.7. The zero-order chi connectivity index (χ0) is 17.2. The van der Waals surface area contributed by atoms with E-state index in [0.29, 0.717) is 11.3 Å². The van der Waals surface area contributed by atoms with Gasteiger partial charge in [-0.3, -0.25) is 9.48 Å². The second kappa shape index (κ2) is 6.30. The predicted molar refractivity (Wildman–Crippen MR) is 76.8 cm³/mol. The van der Waals surface area contributed by atoms with E-state index in [2.05, 4.69) is 10.4 Å². The number of hydrogen-bond acceptors (Lipinski definition) is 3. The Morgan fingerprint density at radius 2 is 2.00 bits per heavy atom. The molecule has 5 nitrogen and oxygen atoms in total. The lowest BCUT2D eigenvalue weighted by Gasteiger charge is -2.07. The van der Waals surface area contributed by atoms with E-state index in [-0.39, 0.29) is 5.69 Å². The minimum Gasteiger partial charge on any atom is -0.324 e. The molecule has 0 radical (unpaired) electrons. The average molecular weight is 343 g/mol. The number of nitrogens with one attached hydrogen (secondary N) is 1. The molecule has 2 aromatic rings. The largest absolute Gasteiger partial charge is 0.436 e. The molecular weight excluding hydrogens is 333 g/mol. The Kier molecular flexibility index (Phi) is 4.61. The second-order valence-corrected chi connectivity index (χ2v) is 5.02. The van der Waals surface area contributed by atoms with Gasteiger partial charge in [0.25, 0.3) is 0 Å². The fourth-order valence-corrected chi connectivity index (χ4v) is 2.07. The normalized spacial score (nSPS) is 11.1. The van der Waals surface area contributed by atoms with E-state index in [1.165, 1.54) is 31.2 Å². The summed E-state index contributed by atoms with van der Waals surface area (Å²) in [4.78, 5) is 11.9. The molecule has 1 N–H and O–H groups in total. The summed E-state index contributed by atoms with van der Waals surface area (Å²) in [7, 11) is 0. The van der Waals surface area contributed by atoms with Crippen LogP contribution in [-0.2, 0) is 17.5 Å². The molecule has 0 spiro atoms. The number of nitriles is 1. The Bertz CT molecular complexity index is 775. The molecule has 0 atom stereocenters. The summed E-state index contributed by atoms with van der Waals surface area (Å²) in [5.41, 5.74) is -0.328. The Hall–Kier alpha value is -2.53. The number of carbonyl (C=O) groups is 1. The number of nitrogens with zero attached hydrogens (tertiary/aromatic N) is 3. The molecule has 0 aliphatic rings. The molecule has 23 heavy (non-hydrogen) atoms. The third-order valence-electron chi connectivity index (χ3n) is 2.99. The standard InChI is InChI=1S/C14H10ClF3N4O/c1-8-12(15)13(14(16,17)18)21-22(8)7-11(23)20-10-4-2-9(6-19)3-5-10/h2-5H,7H2,1H3,(H,20,23). The highest BCUT2D eigenvalue weighted by atomic mass is 35.5. The Labute approximate surface area is 134 Å². The molecule has 1 heterocycles. The van der Waals surface area contributed by atoms with E-state index in [1.807, 2.05) is 6.07 Å². The Morgan fingerprint density at radius 1 is 1.39 bits per heavy atom. The summed E-state index contributed by atoms with van der Waals surface area (Å²) in [5.74, 6) is -0.564. The number of aromatic nitrogens is 2. The van der Waals surface area contributed by atoms with Crippen molar-refractivity contribution in [3.63, 3.8) is 0 Å². The lowest BCUT2D eigenvalue weighted by Crippen LogP contribution is -2.20. The smallest absolute Gasteiger partial charge is 0.324 e. The van der Waals surface area contributed by atoms with Gasteiger partial charge >= 0.3 is 6.18 Å². The van der Waals surface area contributed by atoms with Crippen molar-refractivity contribution in [2.45, 2.75) is 19.6 Å². The first kappa shape index (κ1) is 16.8. The highest BCUT2D eigenvalue weighted by molar-refractivity contribution is 6.32. The van der Waals surface area contributed by atoms with Crippen molar-refractivity contribution in [1.29, 1.82) is 5.26 Å². The van der Waals surface area contributed by atoms with E-state index in [0.717, 1.165) is 4.68 Å². The van der Waals surface area contributed by atoms with Gasteiger partial charge in [0.1, 0.15) is 6.54 Å². The van der Waals surface area contributed by atoms with E-state index in [4.69, 9.17) is 16.9 Å². The van der Waals surface area contributed by atoms with Crippen LogP contribution in [0.3, 0.4) is 0 Å². The van der Waals surface area contributed by atoms with Gasteiger partial charge in [-0.25, -0.2) is 0 Å². The number of alkyl halides is 3. The van der Waals surface area contributed by atoms with Gasteiger partial charge in [-0.1, -0.05) is 11.6 Å². The number of carbonyl (C=O) groups excluding carboxylic acids is 1. The highest BCUT2D eigenvalue weighted by Gasteiger charge is 2.38. The highest BCUT2D eigenvalue weighted by Crippen LogP contribution is 2.35. The summed E-state index contributed by atoms with van der Waals surface area (Å²) in [6.45, 7) is 0.932. The molecule has 0 aliphatic carbocycles. The second-order valence-electron chi connectivity index (χ2n) is 4.64. The predicted octanol–water partition coefficient (Wildman–Crippen LogP) is 3.37. The van der Waals surface area contributed by atoms with Gasteiger partial charge in [-0.05, 0) is 31.2 Å². The summed E-state index contributed by atoms with van der Waals surface area (Å²) in [6, 6.07) is 7.97. The van der Waals surface area contributed by atoms with Gasteiger partial charge in [-0.15, -0.1) is 0 Å². The molecule has 1 aromatic carbocycles. The van der Waals surface area contributed by atoms with Crippen molar-refractivity contribution in [2.24, 2.45) is 0 Å². The van der Waals surface area contributed by atoms with Crippen LogP contribution in [0.1, 0.15) is 17.0 Å². The zero-order valence-corrected chi connectivity index (χ0v) is 12.5. The van der Waals surface area contributed by atoms with Crippen LogP contribution in [0.5, 0.6) is 0 Å². The van der Waals surface area contributed by atoms with Crippen molar-refractivity contribution in [3.8, 4) is 6.07 Å². The van der Waals surface area contributed by atoms with Crippen molar-refractivity contribution in [1.82, 2.24) is 9.78 Å². The van der Waals surface area contributed by atoms with Crippen molar-refractivity contribution >= 4 is 23.2 Å². The number of amides is 1. The number of rotatable bonds is 3. The minimum atomic E-state index is -4.68. The molecule has 120 valence electrons. The molecule has 1 amide bonds. The molecule has 0 saturated heterocycles. The third kappa shape index (κ3) is 3.81. The number of benzene rings is 1. The first-order valence-corrected chi connectivity index (χ1v) is 6.70. The lowest BCUT2D eigenvalue weighted by atomic mass is 10.2. The maximum Gasteiger partial charge on any atom is 0.436 e. The molecule has 0 fully saturated rings. The van der Waals surface area contributed by atoms with Gasteiger partial charge in [0.05, 0.1) is 22.3 Å². The van der Waals surface area contributed by atoms with Gasteiger partial charge in [0, 0.05) is 5.69 Å². The van der Waals surface area contributed by atoms with E-state index >= 15 is 0 Å². The molecule has 2 rings (SSSR count). The van der Waals surface area contributed by atoms with Gasteiger partial charge in [-0.2, -0.15) is 23.5 Å². The third-order valence-corrected chi connectivity index (χ3v) is 3.45. The van der Waals surface area contributed by atoms with E-state index in [1.54, 1.807) is 0 Å². The van der Waals surface area contributed by atoms with E-state index in [9.17, 15) is 18.0 Å². The number of halogens is 4. The Morgan fingerprint density at radius 3 is 2.48 bits per heavy atom. The Balaban J connectivity index is 2.13. The van der Waals surface area contributed by atoms with Crippen molar-refractivity contribution in [3.05, 3.63) is 46.2 Å². The molecule has 0 saturated carbocycles. The maximum absolute atomic E-state index is 12.7. The quantitative estimate of drug-likeness (QED) is 0.929. The van der Waals surface area contributed by atoms with Gasteiger partial charge in [0.15, 0.2) is 5.69 Å². The monoisotopic (exact) mass is 342 g/mol. The summed E-state index contributed by atoms with van der Waals surface area (Å²) >= 11 is 5.61. The fourth-order valence-electron chi connectivity index (χ4n) is 1.82. The topological polar surface area (TPSA) is 70.7 Å². The van der Waals surface area contributed by atoms with Crippen molar-refractivity contribution in [2.75, 3.05) is 5.32 Å². The van der Waals surface area contributed by atoms with E-state index < -0.39 is 29.3 Å². The van der Waals surface area contributed by atoms with Crippen molar-refractivity contribution < 1.29 is 18.0 Å². The van der Waals surface area contributed by atoms with Gasteiger partial charge < -0.3 is 5.32 Å². The van der Waals surface area contributed by atoms with Crippen LogP contribution in [0.4, 0.5) is 18.9 Å². The molecule has 9 heteroatoms. The van der Waals surface area contributed by atoms with Crippen LogP contribution >= 0.6 is 11.6 Å². The van der Waals surface area contributed by atoms with Crippen LogP contribution in [0.15, 0.2) is 24.3 Å². The number of anilines is 1. The van der Waals surface area contributed by atoms with Crippen LogP contribution in [-0.4, -0.2) is 15.7 Å². The van der Waals surface area contributed by atoms with Crippen LogP contribution in [0.2, 0.25) is 5.02 Å². The summed E-state index contributed by atoms with van der Waals surface area (Å²) < 4.78 is 39.0. The number of hydrogen-bond donors (Lipinski definition) is 1. The minimum absolute atomic E-state index is 0.0500. The molecule has 0 aliphatic heterocycles. The molecule has 0 unspecified atom stereocenters. The summed E-state index contributed by atoms with van der Waals surface area (Å²) in [5, 5.41) is 14.0. The maximum atomic E-state index is 12.7. The van der Waals surface area contributed by atoms with Crippen LogP contribution < -0.4 is 5.32 Å². The van der Waals surface area contributed by atoms with Crippen LogP contribution in [0.25, 0.3) is 0 Å². The molecule has 0 bridgehead atoms. The SMILES string of the molecule is Cc1c(Cl)c(C(F)(F)F)nn1CC(=O)Nc1ccc(C#N)cc1. The van der Waals surface area contributed by atoms with Gasteiger partial charge in [0.2, 0.25) is 5.91 Å². The van der Waals surface area contributed by atoms with Crippen LogP contribution in [0, 0.1) is 18.3 Å². The summed E-state index contributed by atoms with van der Waals surface area (Å²) in [6.07, 6.45) is -4.68. The lowest BCUT2D eigenvalue weighted by molar-refractivity contribution is -0.141. The first-order valence-electron chi connectivity index (χ1n) is 6.32. The fraction of sp³-hybridized carbons (Fsp3) is 0.214. The molecular formula is C14H10ClF3N4O. The zero-order valence-electron chi connectivity index (χ0n) is 11.8. The average Bonchev–Trinajstić information content (AvgIpc) is 2.76.